The van der Waals surface area contributed by atoms with Crippen molar-refractivity contribution in [2.45, 2.75) is 19.8 Å². The quantitative estimate of drug-likeness (QED) is 0.835. The number of anilines is 1. The summed E-state index contributed by atoms with van der Waals surface area (Å²) in [6, 6.07) is 15.4. The molecule has 0 amide bonds. The van der Waals surface area contributed by atoms with Gasteiger partial charge in [-0.25, -0.2) is 8.42 Å². The lowest BCUT2D eigenvalue weighted by Crippen LogP contribution is -2.40. The molecule has 2 aromatic carbocycles. The van der Waals surface area contributed by atoms with Gasteiger partial charge in [-0.2, -0.15) is 0 Å². The third kappa shape index (κ3) is 3.56. The Morgan fingerprint density at radius 1 is 1.17 bits per heavy atom. The highest BCUT2D eigenvalue weighted by molar-refractivity contribution is 7.92. The van der Waals surface area contributed by atoms with Gasteiger partial charge in [-0.1, -0.05) is 37.3 Å². The van der Waals surface area contributed by atoms with Crippen molar-refractivity contribution in [2.75, 3.05) is 23.7 Å². The van der Waals surface area contributed by atoms with Gasteiger partial charge in [0, 0.05) is 6.54 Å². The van der Waals surface area contributed by atoms with Gasteiger partial charge < -0.3 is 4.74 Å². The molecule has 1 unspecified atom stereocenters. The fourth-order valence-electron chi connectivity index (χ4n) is 3.20. The number of methoxy groups -OCH3 is 1. The van der Waals surface area contributed by atoms with Gasteiger partial charge in [0.2, 0.25) is 10.0 Å². The van der Waals surface area contributed by atoms with Crippen LogP contribution in [0.2, 0.25) is 0 Å². The molecule has 128 valence electrons. The summed E-state index contributed by atoms with van der Waals surface area (Å²) in [5, 5.41) is 0. The zero-order chi connectivity index (χ0) is 17.2. The van der Waals surface area contributed by atoms with Gasteiger partial charge >= 0.3 is 0 Å². The summed E-state index contributed by atoms with van der Waals surface area (Å²) in [5.41, 5.74) is 2.92. The Morgan fingerprint density at radius 3 is 2.75 bits per heavy atom. The molecule has 0 radical (unpaired) electrons. The van der Waals surface area contributed by atoms with E-state index >= 15 is 0 Å². The molecule has 0 spiro atoms. The largest absolute Gasteiger partial charge is 0.497 e. The van der Waals surface area contributed by atoms with Crippen molar-refractivity contribution in [3.05, 3.63) is 59.7 Å². The smallest absolute Gasteiger partial charge is 0.235 e. The van der Waals surface area contributed by atoms with Crippen molar-refractivity contribution >= 4 is 15.7 Å². The molecule has 0 saturated heterocycles. The summed E-state index contributed by atoms with van der Waals surface area (Å²) in [6.07, 6.45) is 1.41. The van der Waals surface area contributed by atoms with Crippen molar-refractivity contribution in [1.29, 1.82) is 0 Å². The Morgan fingerprint density at radius 2 is 1.96 bits per heavy atom. The molecule has 3 rings (SSSR count). The molecule has 0 fully saturated rings. The van der Waals surface area contributed by atoms with E-state index in [1.807, 2.05) is 48.5 Å². The van der Waals surface area contributed by atoms with E-state index in [0.29, 0.717) is 18.9 Å². The van der Waals surface area contributed by atoms with Gasteiger partial charge in [-0.05, 0) is 48.1 Å². The third-order valence-electron chi connectivity index (χ3n) is 4.42. The summed E-state index contributed by atoms with van der Waals surface area (Å²) in [6.45, 7) is 2.65. The van der Waals surface area contributed by atoms with E-state index in [9.17, 15) is 8.42 Å². The van der Waals surface area contributed by atoms with Gasteiger partial charge in [0.1, 0.15) is 5.75 Å². The van der Waals surface area contributed by atoms with E-state index in [2.05, 4.69) is 6.92 Å². The van der Waals surface area contributed by atoms with Crippen LogP contribution in [-0.2, 0) is 22.9 Å². The third-order valence-corrected chi connectivity index (χ3v) is 6.16. The van der Waals surface area contributed by atoms with Gasteiger partial charge in [-0.3, -0.25) is 4.31 Å². The van der Waals surface area contributed by atoms with E-state index in [4.69, 9.17) is 4.74 Å². The molecular weight excluding hydrogens is 322 g/mol. The molecule has 4 nitrogen and oxygen atoms in total. The molecule has 5 heteroatoms. The van der Waals surface area contributed by atoms with Crippen LogP contribution >= 0.6 is 0 Å². The minimum absolute atomic E-state index is 0.0984. The number of benzene rings is 2. The van der Waals surface area contributed by atoms with E-state index in [0.717, 1.165) is 29.0 Å². The predicted octanol–water partition coefficient (Wildman–Crippen LogP) is 3.27. The number of ether oxygens (including phenoxy) is 1. The van der Waals surface area contributed by atoms with Gasteiger partial charge in [0.05, 0.1) is 18.6 Å². The number of nitrogens with zero attached hydrogens (tertiary/aromatic N) is 1. The maximum Gasteiger partial charge on any atom is 0.235 e. The van der Waals surface area contributed by atoms with Crippen LogP contribution < -0.4 is 9.04 Å². The molecule has 0 N–H and O–H groups in total. The highest BCUT2D eigenvalue weighted by atomic mass is 32.2. The number of rotatable bonds is 5. The molecule has 24 heavy (non-hydrogen) atoms. The lowest BCUT2D eigenvalue weighted by molar-refractivity contribution is 0.414. The maximum atomic E-state index is 12.9. The average Bonchev–Trinajstić information content (AvgIpc) is 2.59. The molecule has 1 heterocycles. The number of hydrogen-bond acceptors (Lipinski definition) is 3. The minimum Gasteiger partial charge on any atom is -0.497 e. The first-order valence-electron chi connectivity index (χ1n) is 8.21. The van der Waals surface area contributed by atoms with Crippen molar-refractivity contribution in [3.63, 3.8) is 0 Å². The normalized spacial score (nSPS) is 17.4. The van der Waals surface area contributed by atoms with Crippen LogP contribution in [0.15, 0.2) is 48.5 Å². The van der Waals surface area contributed by atoms with Crippen molar-refractivity contribution in [2.24, 2.45) is 5.92 Å². The Bertz CT molecular complexity index is 817. The second-order valence-electron chi connectivity index (χ2n) is 6.39. The van der Waals surface area contributed by atoms with Crippen LogP contribution in [0.1, 0.15) is 18.1 Å². The predicted molar refractivity (Wildman–Crippen MR) is 97.1 cm³/mol. The van der Waals surface area contributed by atoms with Crippen molar-refractivity contribution in [3.8, 4) is 5.75 Å². The first-order valence-corrected chi connectivity index (χ1v) is 9.82. The number of para-hydroxylation sites is 1. The average molecular weight is 345 g/mol. The highest BCUT2D eigenvalue weighted by Gasteiger charge is 2.29. The Labute approximate surface area is 144 Å². The SMILES string of the molecule is COc1cccc(CCS(=O)(=O)N2CC(C)Cc3ccccc32)c1. The van der Waals surface area contributed by atoms with Crippen LogP contribution in [0, 0.1) is 5.92 Å². The molecule has 1 aliphatic heterocycles. The molecule has 0 bridgehead atoms. The molecule has 1 atom stereocenters. The topological polar surface area (TPSA) is 46.6 Å². The monoisotopic (exact) mass is 345 g/mol. The van der Waals surface area contributed by atoms with Crippen LogP contribution in [0.25, 0.3) is 0 Å². The molecule has 0 aliphatic carbocycles. The fourth-order valence-corrected chi connectivity index (χ4v) is 4.87. The van der Waals surface area contributed by atoms with Crippen LogP contribution in [0.4, 0.5) is 5.69 Å². The lowest BCUT2D eigenvalue weighted by Gasteiger charge is -2.34. The standard InChI is InChI=1S/C19H23NO3S/c1-15-12-17-7-3-4-9-19(17)20(14-15)24(21,22)11-10-16-6-5-8-18(13-16)23-2/h3-9,13,15H,10-12,14H2,1-2H3. The van der Waals surface area contributed by atoms with Crippen LogP contribution in [0.3, 0.4) is 0 Å². The van der Waals surface area contributed by atoms with Gasteiger partial charge in [0.15, 0.2) is 0 Å². The summed E-state index contributed by atoms with van der Waals surface area (Å²) in [5.74, 6) is 1.18. The Hall–Kier alpha value is -2.01. The summed E-state index contributed by atoms with van der Waals surface area (Å²) in [7, 11) is -1.74. The molecule has 2 aromatic rings. The Balaban J connectivity index is 1.80. The first kappa shape index (κ1) is 16.8. The number of fused-ring (bicyclic) bond motifs is 1. The zero-order valence-electron chi connectivity index (χ0n) is 14.1. The second kappa shape index (κ2) is 6.85. The summed E-state index contributed by atoms with van der Waals surface area (Å²) < 4.78 is 32.6. The molecule has 0 saturated carbocycles. The number of aryl methyl sites for hydroxylation is 1. The lowest BCUT2D eigenvalue weighted by atomic mass is 9.96. The number of sulfonamides is 1. The van der Waals surface area contributed by atoms with E-state index in [-0.39, 0.29) is 5.75 Å². The Kier molecular flexibility index (Phi) is 4.81. The summed E-state index contributed by atoms with van der Waals surface area (Å²) in [4.78, 5) is 0. The fraction of sp³-hybridized carbons (Fsp3) is 0.368. The van der Waals surface area contributed by atoms with Gasteiger partial charge in [-0.15, -0.1) is 0 Å². The number of hydrogen-bond donors (Lipinski definition) is 0. The molecule has 1 aliphatic rings. The highest BCUT2D eigenvalue weighted by Crippen LogP contribution is 2.31. The molecule has 0 aromatic heterocycles. The zero-order valence-corrected chi connectivity index (χ0v) is 14.9. The van der Waals surface area contributed by atoms with Crippen LogP contribution in [-0.4, -0.2) is 27.8 Å². The van der Waals surface area contributed by atoms with E-state index in [1.54, 1.807) is 11.4 Å². The van der Waals surface area contributed by atoms with Crippen LogP contribution in [0.5, 0.6) is 5.75 Å². The summed E-state index contributed by atoms with van der Waals surface area (Å²) >= 11 is 0. The van der Waals surface area contributed by atoms with Gasteiger partial charge in [0.25, 0.3) is 0 Å². The maximum absolute atomic E-state index is 12.9. The van der Waals surface area contributed by atoms with Crippen molar-refractivity contribution < 1.29 is 13.2 Å². The van der Waals surface area contributed by atoms with E-state index < -0.39 is 10.0 Å². The van der Waals surface area contributed by atoms with E-state index in [1.165, 1.54) is 0 Å². The first-order chi connectivity index (χ1) is 11.5. The minimum atomic E-state index is -3.35. The second-order valence-corrected chi connectivity index (χ2v) is 8.40. The molecular formula is C19H23NO3S. The van der Waals surface area contributed by atoms with Crippen molar-refractivity contribution in [1.82, 2.24) is 0 Å².